The number of nitrogens with one attached hydrogen (secondary N) is 1. The summed E-state index contributed by atoms with van der Waals surface area (Å²) in [5.74, 6) is 0.856. The van der Waals surface area contributed by atoms with Crippen LogP contribution in [-0.4, -0.2) is 35.8 Å². The first-order valence-corrected chi connectivity index (χ1v) is 12.0. The van der Waals surface area contributed by atoms with Crippen LogP contribution in [0.3, 0.4) is 0 Å². The minimum atomic E-state index is -0.496. The molecule has 4 nitrogen and oxygen atoms in total. The quantitative estimate of drug-likeness (QED) is 0.596. The number of carbonyl (C=O) groups is 2. The van der Waals surface area contributed by atoms with Crippen molar-refractivity contribution in [3.05, 3.63) is 70.2 Å². The molecule has 0 unspecified atom stereocenters. The monoisotopic (exact) mass is 454 g/mol. The Hall–Kier alpha value is -2.33. The summed E-state index contributed by atoms with van der Waals surface area (Å²) in [4.78, 5) is 27.8. The second kappa shape index (κ2) is 11.0. The van der Waals surface area contributed by atoms with E-state index in [0.29, 0.717) is 24.9 Å². The van der Waals surface area contributed by atoms with E-state index in [-0.39, 0.29) is 24.2 Å². The van der Waals surface area contributed by atoms with E-state index in [9.17, 15) is 9.59 Å². The summed E-state index contributed by atoms with van der Waals surface area (Å²) in [5, 5.41) is 3.75. The molecule has 1 fully saturated rings. The van der Waals surface area contributed by atoms with E-state index < -0.39 is 6.04 Å². The van der Waals surface area contributed by atoms with Crippen LogP contribution < -0.4 is 5.32 Å². The summed E-state index contributed by atoms with van der Waals surface area (Å²) in [6.07, 6.45) is 2.14. The molecular formula is C27H35ClN2O2. The first kappa shape index (κ1) is 24.3. The lowest BCUT2D eigenvalue weighted by Gasteiger charge is -2.35. The Morgan fingerprint density at radius 2 is 1.56 bits per heavy atom. The molecule has 0 bridgehead atoms. The Bertz CT molecular complexity index is 898. The highest BCUT2D eigenvalue weighted by molar-refractivity contribution is 6.30. The van der Waals surface area contributed by atoms with Gasteiger partial charge < -0.3 is 10.2 Å². The predicted octanol–water partition coefficient (Wildman–Crippen LogP) is 5.55. The smallest absolute Gasteiger partial charge is 0.245 e. The zero-order valence-corrected chi connectivity index (χ0v) is 20.4. The van der Waals surface area contributed by atoms with Crippen LogP contribution in [0.5, 0.6) is 0 Å². The number of amides is 2. The van der Waals surface area contributed by atoms with E-state index in [1.165, 1.54) is 11.1 Å². The van der Waals surface area contributed by atoms with Gasteiger partial charge in [-0.1, -0.05) is 75.7 Å². The van der Waals surface area contributed by atoms with Crippen molar-refractivity contribution in [1.29, 1.82) is 0 Å². The summed E-state index contributed by atoms with van der Waals surface area (Å²) in [5.41, 5.74) is 3.50. The molecule has 1 aliphatic rings. The third-order valence-corrected chi connectivity index (χ3v) is 6.66. The van der Waals surface area contributed by atoms with Crippen molar-refractivity contribution in [2.45, 2.75) is 64.8 Å². The van der Waals surface area contributed by atoms with Crippen LogP contribution in [0.1, 0.15) is 69.1 Å². The largest absolute Gasteiger partial charge is 0.344 e. The summed E-state index contributed by atoms with van der Waals surface area (Å²) < 4.78 is 0. The Morgan fingerprint density at radius 1 is 0.969 bits per heavy atom. The minimum Gasteiger partial charge on any atom is -0.344 e. The molecule has 2 amide bonds. The highest BCUT2D eigenvalue weighted by Crippen LogP contribution is 2.29. The maximum atomic E-state index is 13.2. The molecule has 0 spiro atoms. The summed E-state index contributed by atoms with van der Waals surface area (Å²) in [6.45, 7) is 9.70. The molecule has 5 heteroatoms. The fourth-order valence-corrected chi connectivity index (χ4v) is 4.43. The molecule has 0 aliphatic carbocycles. The summed E-state index contributed by atoms with van der Waals surface area (Å²) in [6, 6.07) is 15.7. The zero-order valence-electron chi connectivity index (χ0n) is 19.6. The lowest BCUT2D eigenvalue weighted by molar-refractivity contribution is -0.138. The lowest BCUT2D eigenvalue weighted by atomic mass is 9.89. The Balaban J connectivity index is 1.56. The van der Waals surface area contributed by atoms with Gasteiger partial charge in [0.25, 0.3) is 0 Å². The van der Waals surface area contributed by atoms with Crippen molar-refractivity contribution in [2.24, 2.45) is 5.92 Å². The third kappa shape index (κ3) is 6.35. The molecule has 2 aromatic carbocycles. The number of hydrogen-bond acceptors (Lipinski definition) is 2. The Labute approximate surface area is 197 Å². The SMILES string of the molecule is CC(C)c1ccc(CC(=O)N[C@@H](C(=O)N2CCC(c3ccc(Cl)cc3)CC2)C(C)C)cc1. The molecular weight excluding hydrogens is 420 g/mol. The Kier molecular flexibility index (Phi) is 8.36. The van der Waals surface area contributed by atoms with E-state index in [0.717, 1.165) is 23.4 Å². The van der Waals surface area contributed by atoms with Gasteiger partial charge in [0.2, 0.25) is 11.8 Å². The van der Waals surface area contributed by atoms with Crippen molar-refractivity contribution >= 4 is 23.4 Å². The van der Waals surface area contributed by atoms with Gasteiger partial charge in [0, 0.05) is 18.1 Å². The molecule has 0 saturated carbocycles. The van der Waals surface area contributed by atoms with Crippen molar-refractivity contribution < 1.29 is 9.59 Å². The second-order valence-electron chi connectivity index (χ2n) is 9.51. The van der Waals surface area contributed by atoms with E-state index >= 15 is 0 Å². The van der Waals surface area contributed by atoms with Gasteiger partial charge >= 0.3 is 0 Å². The number of likely N-dealkylation sites (tertiary alicyclic amines) is 1. The van der Waals surface area contributed by atoms with Gasteiger partial charge in [0.1, 0.15) is 6.04 Å². The number of benzene rings is 2. The van der Waals surface area contributed by atoms with Crippen LogP contribution in [-0.2, 0) is 16.0 Å². The van der Waals surface area contributed by atoms with Gasteiger partial charge in [-0.2, -0.15) is 0 Å². The molecule has 1 atom stereocenters. The first-order chi connectivity index (χ1) is 15.2. The van der Waals surface area contributed by atoms with Crippen LogP contribution in [0.25, 0.3) is 0 Å². The number of nitrogens with zero attached hydrogens (tertiary/aromatic N) is 1. The fourth-order valence-electron chi connectivity index (χ4n) is 4.31. The van der Waals surface area contributed by atoms with Crippen LogP contribution in [0.15, 0.2) is 48.5 Å². The average Bonchev–Trinajstić information content (AvgIpc) is 2.78. The second-order valence-corrected chi connectivity index (χ2v) is 9.95. The van der Waals surface area contributed by atoms with Crippen LogP contribution in [0, 0.1) is 5.92 Å². The van der Waals surface area contributed by atoms with Crippen molar-refractivity contribution in [3.8, 4) is 0 Å². The van der Waals surface area contributed by atoms with Gasteiger partial charge in [-0.25, -0.2) is 0 Å². The summed E-state index contributed by atoms with van der Waals surface area (Å²) >= 11 is 6.00. The third-order valence-electron chi connectivity index (χ3n) is 6.41. The zero-order chi connectivity index (χ0) is 23.3. The van der Waals surface area contributed by atoms with Crippen molar-refractivity contribution in [2.75, 3.05) is 13.1 Å². The van der Waals surface area contributed by atoms with Crippen LogP contribution in [0.4, 0.5) is 0 Å². The van der Waals surface area contributed by atoms with Gasteiger partial charge in [-0.3, -0.25) is 9.59 Å². The highest BCUT2D eigenvalue weighted by atomic mass is 35.5. The molecule has 0 radical (unpaired) electrons. The van der Waals surface area contributed by atoms with E-state index in [1.54, 1.807) is 0 Å². The molecule has 32 heavy (non-hydrogen) atoms. The molecule has 1 N–H and O–H groups in total. The standard InChI is InChI=1S/C27H35ClN2O2/c1-18(2)21-7-5-20(6-8-21)17-25(31)29-26(19(3)4)27(32)30-15-13-23(14-16-30)22-9-11-24(28)12-10-22/h5-12,18-19,23,26H,13-17H2,1-4H3,(H,29,31)/t26-/m1/s1. The minimum absolute atomic E-state index is 0.0260. The maximum absolute atomic E-state index is 13.2. The maximum Gasteiger partial charge on any atom is 0.245 e. The lowest BCUT2D eigenvalue weighted by Crippen LogP contribution is -2.53. The first-order valence-electron chi connectivity index (χ1n) is 11.7. The Morgan fingerprint density at radius 3 is 2.09 bits per heavy atom. The fraction of sp³-hybridized carbons (Fsp3) is 0.481. The topological polar surface area (TPSA) is 49.4 Å². The molecule has 0 aromatic heterocycles. The van der Waals surface area contributed by atoms with Crippen molar-refractivity contribution in [1.82, 2.24) is 10.2 Å². The van der Waals surface area contributed by atoms with Gasteiger partial charge in [-0.15, -0.1) is 0 Å². The van der Waals surface area contributed by atoms with Gasteiger partial charge in [0.05, 0.1) is 6.42 Å². The number of carbonyl (C=O) groups excluding carboxylic acids is 2. The molecule has 1 heterocycles. The highest BCUT2D eigenvalue weighted by Gasteiger charge is 2.31. The van der Waals surface area contributed by atoms with E-state index in [4.69, 9.17) is 11.6 Å². The number of halogens is 1. The molecule has 2 aromatic rings. The number of piperidine rings is 1. The van der Waals surface area contributed by atoms with E-state index in [2.05, 4.69) is 43.4 Å². The number of rotatable bonds is 7. The molecule has 3 rings (SSSR count). The predicted molar refractivity (Wildman–Crippen MR) is 131 cm³/mol. The van der Waals surface area contributed by atoms with E-state index in [1.807, 2.05) is 43.0 Å². The van der Waals surface area contributed by atoms with Crippen LogP contribution in [0.2, 0.25) is 5.02 Å². The molecule has 1 saturated heterocycles. The molecule has 172 valence electrons. The normalized spacial score (nSPS) is 15.8. The van der Waals surface area contributed by atoms with Crippen LogP contribution >= 0.6 is 11.6 Å². The van der Waals surface area contributed by atoms with Crippen molar-refractivity contribution in [3.63, 3.8) is 0 Å². The molecule has 1 aliphatic heterocycles. The van der Waals surface area contributed by atoms with Gasteiger partial charge in [0.15, 0.2) is 0 Å². The average molecular weight is 455 g/mol. The number of hydrogen-bond donors (Lipinski definition) is 1. The van der Waals surface area contributed by atoms with Gasteiger partial charge in [-0.05, 0) is 59.4 Å². The summed E-state index contributed by atoms with van der Waals surface area (Å²) in [7, 11) is 0.